The van der Waals surface area contributed by atoms with Gasteiger partial charge in [0.2, 0.25) is 5.82 Å². The molecule has 3 heteroatoms. The van der Waals surface area contributed by atoms with Crippen LogP contribution >= 0.6 is 0 Å². The highest BCUT2D eigenvalue weighted by molar-refractivity contribution is 5.60. The van der Waals surface area contributed by atoms with Crippen molar-refractivity contribution in [1.29, 1.82) is 0 Å². The van der Waals surface area contributed by atoms with Crippen molar-refractivity contribution >= 4 is 0 Å². The number of rotatable bonds is 2. The van der Waals surface area contributed by atoms with E-state index in [0.29, 0.717) is 11.7 Å². The van der Waals surface area contributed by atoms with E-state index < -0.39 is 0 Å². The quantitative estimate of drug-likeness (QED) is 0.637. The Balaban J connectivity index is 0.000000774. The smallest absolute Gasteiger partial charge is 0.258 e. The number of hydrogen-bond acceptors (Lipinski definition) is 3. The summed E-state index contributed by atoms with van der Waals surface area (Å²) in [6.07, 6.45) is 0. The van der Waals surface area contributed by atoms with Gasteiger partial charge < -0.3 is 4.52 Å². The molecule has 0 N–H and O–H groups in total. The molecule has 1 radical (unpaired) electrons. The van der Waals surface area contributed by atoms with Crippen LogP contribution in [-0.4, -0.2) is 10.1 Å². The van der Waals surface area contributed by atoms with E-state index in [1.54, 1.807) is 0 Å². The Hall–Kier alpha value is -2.68. The molecule has 0 fully saturated rings. The van der Waals surface area contributed by atoms with Crippen molar-refractivity contribution in [3.05, 3.63) is 79.7 Å². The highest BCUT2D eigenvalue weighted by Crippen LogP contribution is 2.22. The summed E-state index contributed by atoms with van der Waals surface area (Å²) in [6, 6.07) is 15.7. The Morgan fingerprint density at radius 2 is 1.43 bits per heavy atom. The summed E-state index contributed by atoms with van der Waals surface area (Å²) >= 11 is 0. The lowest BCUT2D eigenvalue weighted by Crippen LogP contribution is -1.82. The van der Waals surface area contributed by atoms with E-state index in [1.807, 2.05) is 55.5 Å². The number of nitrogens with zero attached hydrogens (tertiary/aromatic N) is 2. The molecule has 0 bridgehead atoms. The second-order valence-electron chi connectivity index (χ2n) is 4.49. The van der Waals surface area contributed by atoms with E-state index in [-0.39, 0.29) is 0 Å². The van der Waals surface area contributed by atoms with Gasteiger partial charge in [-0.1, -0.05) is 47.1 Å². The molecular weight excluding hydrogens is 260 g/mol. The molecule has 3 nitrogen and oxygen atoms in total. The average molecular weight is 277 g/mol. The van der Waals surface area contributed by atoms with Crippen molar-refractivity contribution in [2.24, 2.45) is 0 Å². The van der Waals surface area contributed by atoms with Gasteiger partial charge in [-0.3, -0.25) is 0 Å². The van der Waals surface area contributed by atoms with Gasteiger partial charge >= 0.3 is 0 Å². The highest BCUT2D eigenvalue weighted by atomic mass is 16.5. The molecule has 0 unspecified atom stereocenters. The van der Waals surface area contributed by atoms with Crippen LogP contribution in [0.3, 0.4) is 0 Å². The summed E-state index contributed by atoms with van der Waals surface area (Å²) < 4.78 is 5.30. The molecule has 0 amide bonds. The molecule has 3 rings (SSSR count). The normalized spacial score (nSPS) is 9.81. The molecule has 3 aromatic rings. The summed E-state index contributed by atoms with van der Waals surface area (Å²) in [4.78, 5) is 4.41. The zero-order valence-electron chi connectivity index (χ0n) is 12.0. The van der Waals surface area contributed by atoms with E-state index in [0.717, 1.165) is 16.7 Å². The van der Waals surface area contributed by atoms with Crippen molar-refractivity contribution in [3.63, 3.8) is 0 Å². The van der Waals surface area contributed by atoms with Crippen molar-refractivity contribution < 1.29 is 4.52 Å². The van der Waals surface area contributed by atoms with Gasteiger partial charge in [0.15, 0.2) is 0 Å². The predicted octanol–water partition coefficient (Wildman–Crippen LogP) is 4.70. The zero-order valence-corrected chi connectivity index (χ0v) is 12.0. The molecule has 0 saturated carbocycles. The average Bonchev–Trinajstić information content (AvgIpc) is 3.01. The van der Waals surface area contributed by atoms with Crippen molar-refractivity contribution in [1.82, 2.24) is 10.1 Å². The lowest BCUT2D eigenvalue weighted by atomic mass is 10.1. The minimum Gasteiger partial charge on any atom is -0.334 e. The van der Waals surface area contributed by atoms with Crippen LogP contribution in [0.5, 0.6) is 0 Å². The molecule has 1 aromatic heterocycles. The molecule has 0 aliphatic rings. The second-order valence-corrected chi connectivity index (χ2v) is 4.49. The summed E-state index contributed by atoms with van der Waals surface area (Å²) in [5.74, 6) is 1.13. The first-order valence-electron chi connectivity index (χ1n) is 6.55. The lowest BCUT2D eigenvalue weighted by molar-refractivity contribution is 0.432. The van der Waals surface area contributed by atoms with Gasteiger partial charge in [0.25, 0.3) is 5.89 Å². The fraction of sp³-hybridized carbons (Fsp3) is 0.0556. The summed E-state index contributed by atoms with van der Waals surface area (Å²) in [7, 11) is 0. The van der Waals surface area contributed by atoms with E-state index in [1.165, 1.54) is 5.56 Å². The number of hydrogen-bond donors (Lipinski definition) is 0. The summed E-state index contributed by atoms with van der Waals surface area (Å²) in [5.41, 5.74) is 4.02. The monoisotopic (exact) mass is 277 g/mol. The third-order valence-electron chi connectivity index (χ3n) is 2.94. The molecular formula is C18H17N2O. The van der Waals surface area contributed by atoms with E-state index in [9.17, 15) is 0 Å². The van der Waals surface area contributed by atoms with Crippen LogP contribution in [0.4, 0.5) is 0 Å². The first-order chi connectivity index (χ1) is 10.2. The van der Waals surface area contributed by atoms with Crippen molar-refractivity contribution in [3.8, 4) is 22.8 Å². The molecule has 0 atom stereocenters. The van der Waals surface area contributed by atoms with Gasteiger partial charge in [-0.2, -0.15) is 4.98 Å². The fourth-order valence-electron chi connectivity index (χ4n) is 1.81. The number of aryl methyl sites for hydroxylation is 1. The van der Waals surface area contributed by atoms with Crippen LogP contribution in [0, 0.1) is 13.8 Å². The fourth-order valence-corrected chi connectivity index (χ4v) is 1.81. The molecule has 0 saturated heterocycles. The number of benzene rings is 2. The third-order valence-corrected chi connectivity index (χ3v) is 2.94. The van der Waals surface area contributed by atoms with Crippen molar-refractivity contribution in [2.45, 2.75) is 6.92 Å². The zero-order chi connectivity index (χ0) is 15.2. The van der Waals surface area contributed by atoms with Crippen molar-refractivity contribution in [2.75, 3.05) is 0 Å². The maximum atomic E-state index is 5.30. The van der Waals surface area contributed by atoms with Gasteiger partial charge in [0.1, 0.15) is 0 Å². The van der Waals surface area contributed by atoms with Gasteiger partial charge in [-0.15, -0.1) is 13.2 Å². The maximum absolute atomic E-state index is 5.30. The van der Waals surface area contributed by atoms with Crippen LogP contribution in [0.1, 0.15) is 11.1 Å². The molecule has 2 aromatic carbocycles. The molecule has 105 valence electrons. The van der Waals surface area contributed by atoms with Crippen LogP contribution < -0.4 is 0 Å². The molecule has 0 aliphatic heterocycles. The Labute approximate surface area is 125 Å². The second kappa shape index (κ2) is 6.66. The standard InChI is InChI=1S/C16H13N2O.C2H4/c1-11-3-7-13(8-4-11)15-17-16(19-18-15)14-9-5-12(2)6-10-14;1-2/h3-10H,1H2,2H3;1-2H2. The first-order valence-corrected chi connectivity index (χ1v) is 6.55. The molecule has 21 heavy (non-hydrogen) atoms. The topological polar surface area (TPSA) is 38.9 Å². The minimum atomic E-state index is 0.536. The molecule has 1 heterocycles. The highest BCUT2D eigenvalue weighted by Gasteiger charge is 2.09. The SMILES string of the molecule is C=C.[CH2]c1ccc(-c2noc(-c3ccc(C)cc3)n2)cc1. The van der Waals surface area contributed by atoms with Gasteiger partial charge in [-0.05, 0) is 31.5 Å². The summed E-state index contributed by atoms with van der Waals surface area (Å²) in [6.45, 7) is 11.9. The third kappa shape index (κ3) is 3.45. The Bertz CT molecular complexity index is 637. The van der Waals surface area contributed by atoms with Crippen LogP contribution in [0.2, 0.25) is 0 Å². The minimum absolute atomic E-state index is 0.536. The Morgan fingerprint density at radius 1 is 0.857 bits per heavy atom. The van der Waals surface area contributed by atoms with Gasteiger partial charge in [-0.25, -0.2) is 0 Å². The van der Waals surface area contributed by atoms with E-state index >= 15 is 0 Å². The Kier molecular flexibility index (Phi) is 4.67. The van der Waals surface area contributed by atoms with Gasteiger partial charge in [0.05, 0.1) is 0 Å². The van der Waals surface area contributed by atoms with E-state index in [4.69, 9.17) is 4.52 Å². The largest absolute Gasteiger partial charge is 0.334 e. The summed E-state index contributed by atoms with van der Waals surface area (Å²) in [5, 5.41) is 4.01. The predicted molar refractivity (Wildman–Crippen MR) is 85.6 cm³/mol. The van der Waals surface area contributed by atoms with Crippen LogP contribution in [0.15, 0.2) is 66.2 Å². The molecule has 0 aliphatic carbocycles. The van der Waals surface area contributed by atoms with Crippen LogP contribution in [-0.2, 0) is 0 Å². The maximum Gasteiger partial charge on any atom is 0.258 e. The first kappa shape index (κ1) is 14.7. The van der Waals surface area contributed by atoms with Gasteiger partial charge in [0, 0.05) is 11.1 Å². The van der Waals surface area contributed by atoms with Crippen LogP contribution in [0.25, 0.3) is 22.8 Å². The molecule has 0 spiro atoms. The number of aromatic nitrogens is 2. The Morgan fingerprint density at radius 3 is 2.05 bits per heavy atom. The van der Waals surface area contributed by atoms with E-state index in [2.05, 4.69) is 30.2 Å². The lowest BCUT2D eigenvalue weighted by Gasteiger charge is -1.95.